The minimum Gasteiger partial charge on any atom is -0.378 e. The maximum Gasteiger partial charge on any atom is 0.222 e. The molecule has 2 N–H and O–H groups in total. The number of hydrogen-bond donors (Lipinski definition) is 2. The van der Waals surface area contributed by atoms with Crippen LogP contribution in [0, 0.1) is 11.8 Å². The first-order valence-corrected chi connectivity index (χ1v) is 8.34. The molecule has 2 rings (SSSR count). The predicted octanol–water partition coefficient (Wildman–Crippen LogP) is 2.09. The van der Waals surface area contributed by atoms with Crippen LogP contribution in [0.25, 0.3) is 0 Å². The molecule has 1 amide bonds. The molecule has 0 aromatic heterocycles. The first-order chi connectivity index (χ1) is 9.75. The largest absolute Gasteiger partial charge is 0.378 e. The highest BCUT2D eigenvalue weighted by atomic mass is 16.5. The zero-order valence-electron chi connectivity index (χ0n) is 12.8. The van der Waals surface area contributed by atoms with Crippen LogP contribution in [0.5, 0.6) is 0 Å². The van der Waals surface area contributed by atoms with Crippen molar-refractivity contribution >= 4 is 5.91 Å². The lowest BCUT2D eigenvalue weighted by Crippen LogP contribution is -2.35. The van der Waals surface area contributed by atoms with Gasteiger partial charge in [-0.1, -0.05) is 26.2 Å². The molecule has 4 nitrogen and oxygen atoms in total. The van der Waals surface area contributed by atoms with Crippen LogP contribution in [-0.2, 0) is 9.53 Å². The number of amides is 1. The SMILES string of the molecule is CC1CCCCC1CNC(=O)CCOC1CCNCC1. The fourth-order valence-electron chi connectivity index (χ4n) is 3.31. The number of piperidine rings is 1. The van der Waals surface area contributed by atoms with E-state index in [1.807, 2.05) is 0 Å². The van der Waals surface area contributed by atoms with Gasteiger partial charge < -0.3 is 15.4 Å². The number of hydrogen-bond acceptors (Lipinski definition) is 3. The number of nitrogens with one attached hydrogen (secondary N) is 2. The molecular formula is C16H30N2O2. The number of ether oxygens (including phenoxy) is 1. The standard InChI is InChI=1S/C16H30N2O2/c1-13-4-2-3-5-14(13)12-18-16(19)8-11-20-15-6-9-17-10-7-15/h13-15,17H,2-12H2,1H3,(H,18,19). The Labute approximate surface area is 123 Å². The molecule has 1 saturated heterocycles. The van der Waals surface area contributed by atoms with Crippen LogP contribution < -0.4 is 10.6 Å². The lowest BCUT2D eigenvalue weighted by Gasteiger charge is -2.28. The summed E-state index contributed by atoms with van der Waals surface area (Å²) in [6.45, 7) is 5.81. The molecular weight excluding hydrogens is 252 g/mol. The number of carbonyl (C=O) groups is 1. The van der Waals surface area contributed by atoms with Gasteiger partial charge in [-0.05, 0) is 44.2 Å². The number of rotatable bonds is 6. The van der Waals surface area contributed by atoms with E-state index in [0.29, 0.717) is 25.0 Å². The molecule has 116 valence electrons. The minimum absolute atomic E-state index is 0.150. The monoisotopic (exact) mass is 282 g/mol. The molecule has 20 heavy (non-hydrogen) atoms. The second-order valence-electron chi connectivity index (χ2n) is 6.40. The van der Waals surface area contributed by atoms with E-state index in [4.69, 9.17) is 4.74 Å². The summed E-state index contributed by atoms with van der Waals surface area (Å²) in [6, 6.07) is 0. The van der Waals surface area contributed by atoms with Gasteiger partial charge in [0.25, 0.3) is 0 Å². The molecule has 1 aliphatic carbocycles. The molecule has 2 aliphatic rings. The second kappa shape index (κ2) is 8.63. The van der Waals surface area contributed by atoms with Crippen molar-refractivity contribution < 1.29 is 9.53 Å². The first kappa shape index (κ1) is 15.8. The Morgan fingerprint density at radius 2 is 1.95 bits per heavy atom. The molecule has 2 unspecified atom stereocenters. The quantitative estimate of drug-likeness (QED) is 0.784. The average Bonchev–Trinajstić information content (AvgIpc) is 2.47. The Bertz CT molecular complexity index is 290. The number of carbonyl (C=O) groups excluding carboxylic acids is 1. The van der Waals surface area contributed by atoms with Crippen molar-refractivity contribution in [2.45, 2.75) is 58.0 Å². The van der Waals surface area contributed by atoms with Crippen LogP contribution in [0.4, 0.5) is 0 Å². The average molecular weight is 282 g/mol. The Hall–Kier alpha value is -0.610. The van der Waals surface area contributed by atoms with Gasteiger partial charge >= 0.3 is 0 Å². The van der Waals surface area contributed by atoms with Gasteiger partial charge in [0, 0.05) is 13.0 Å². The van der Waals surface area contributed by atoms with Crippen LogP contribution in [0.2, 0.25) is 0 Å². The molecule has 0 spiro atoms. The third kappa shape index (κ3) is 5.41. The summed E-state index contributed by atoms with van der Waals surface area (Å²) in [4.78, 5) is 11.8. The molecule has 4 heteroatoms. The molecule has 0 bridgehead atoms. The summed E-state index contributed by atoms with van der Waals surface area (Å²) in [5.41, 5.74) is 0. The molecule has 2 atom stereocenters. The van der Waals surface area contributed by atoms with Crippen molar-refractivity contribution in [3.8, 4) is 0 Å². The van der Waals surface area contributed by atoms with Gasteiger partial charge in [0.1, 0.15) is 0 Å². The smallest absolute Gasteiger partial charge is 0.222 e. The lowest BCUT2D eigenvalue weighted by molar-refractivity contribution is -0.123. The third-order valence-electron chi connectivity index (χ3n) is 4.82. The Balaban J connectivity index is 1.53. The van der Waals surface area contributed by atoms with Gasteiger partial charge in [-0.2, -0.15) is 0 Å². The molecule has 1 aliphatic heterocycles. The van der Waals surface area contributed by atoms with Gasteiger partial charge in [-0.15, -0.1) is 0 Å². The van der Waals surface area contributed by atoms with Gasteiger partial charge in [-0.25, -0.2) is 0 Å². The molecule has 1 heterocycles. The summed E-state index contributed by atoms with van der Waals surface area (Å²) in [6.07, 6.45) is 8.27. The highest BCUT2D eigenvalue weighted by Crippen LogP contribution is 2.28. The predicted molar refractivity (Wildman–Crippen MR) is 80.6 cm³/mol. The van der Waals surface area contributed by atoms with E-state index >= 15 is 0 Å². The Kier molecular flexibility index (Phi) is 6.80. The van der Waals surface area contributed by atoms with Crippen molar-refractivity contribution in [2.24, 2.45) is 11.8 Å². The van der Waals surface area contributed by atoms with E-state index in [1.54, 1.807) is 0 Å². The summed E-state index contributed by atoms with van der Waals surface area (Å²) in [7, 11) is 0. The van der Waals surface area contributed by atoms with Crippen molar-refractivity contribution in [1.82, 2.24) is 10.6 Å². The minimum atomic E-state index is 0.150. The van der Waals surface area contributed by atoms with Crippen LogP contribution in [-0.4, -0.2) is 38.3 Å². The van der Waals surface area contributed by atoms with Gasteiger partial charge in [0.2, 0.25) is 5.91 Å². The topological polar surface area (TPSA) is 50.4 Å². The van der Waals surface area contributed by atoms with Gasteiger partial charge in [0.05, 0.1) is 12.7 Å². The third-order valence-corrected chi connectivity index (χ3v) is 4.82. The fraction of sp³-hybridized carbons (Fsp3) is 0.938. The molecule has 1 saturated carbocycles. The van der Waals surface area contributed by atoms with Crippen LogP contribution in [0.3, 0.4) is 0 Å². The molecule has 2 fully saturated rings. The maximum absolute atomic E-state index is 11.8. The Morgan fingerprint density at radius 1 is 1.20 bits per heavy atom. The van der Waals surface area contributed by atoms with Crippen molar-refractivity contribution in [1.29, 1.82) is 0 Å². The van der Waals surface area contributed by atoms with E-state index in [0.717, 1.165) is 38.4 Å². The van der Waals surface area contributed by atoms with Gasteiger partial charge in [-0.3, -0.25) is 4.79 Å². The zero-order chi connectivity index (χ0) is 14.2. The highest BCUT2D eigenvalue weighted by molar-refractivity contribution is 5.75. The van der Waals surface area contributed by atoms with Crippen LogP contribution in [0.1, 0.15) is 51.9 Å². The van der Waals surface area contributed by atoms with Gasteiger partial charge in [0.15, 0.2) is 0 Å². The summed E-state index contributed by atoms with van der Waals surface area (Å²) >= 11 is 0. The van der Waals surface area contributed by atoms with E-state index in [2.05, 4.69) is 17.6 Å². The summed E-state index contributed by atoms with van der Waals surface area (Å²) in [5, 5.41) is 6.40. The molecule has 0 radical (unpaired) electrons. The molecule has 0 aromatic carbocycles. The molecule has 0 aromatic rings. The van der Waals surface area contributed by atoms with Crippen molar-refractivity contribution in [3.63, 3.8) is 0 Å². The van der Waals surface area contributed by atoms with Crippen molar-refractivity contribution in [2.75, 3.05) is 26.2 Å². The summed E-state index contributed by atoms with van der Waals surface area (Å²) < 4.78 is 5.77. The van der Waals surface area contributed by atoms with Crippen molar-refractivity contribution in [3.05, 3.63) is 0 Å². The van der Waals surface area contributed by atoms with E-state index < -0.39 is 0 Å². The van der Waals surface area contributed by atoms with Crippen LogP contribution in [0.15, 0.2) is 0 Å². The van der Waals surface area contributed by atoms with Crippen LogP contribution >= 0.6 is 0 Å². The highest BCUT2D eigenvalue weighted by Gasteiger charge is 2.21. The second-order valence-corrected chi connectivity index (χ2v) is 6.40. The fourth-order valence-corrected chi connectivity index (χ4v) is 3.31. The van der Waals surface area contributed by atoms with E-state index in [9.17, 15) is 4.79 Å². The van der Waals surface area contributed by atoms with E-state index in [1.165, 1.54) is 25.7 Å². The first-order valence-electron chi connectivity index (χ1n) is 8.34. The normalized spacial score (nSPS) is 28.2. The summed E-state index contributed by atoms with van der Waals surface area (Å²) in [5.74, 6) is 1.59. The maximum atomic E-state index is 11.8. The zero-order valence-corrected chi connectivity index (χ0v) is 12.8. The van der Waals surface area contributed by atoms with E-state index in [-0.39, 0.29) is 5.91 Å². The Morgan fingerprint density at radius 3 is 2.70 bits per heavy atom. The lowest BCUT2D eigenvalue weighted by atomic mass is 9.80.